The number of rotatable bonds is 11. The highest BCUT2D eigenvalue weighted by Crippen LogP contribution is 2.39. The highest BCUT2D eigenvalue weighted by molar-refractivity contribution is 7.86. The van der Waals surface area contributed by atoms with E-state index in [2.05, 4.69) is 46.2 Å². The molecule has 76 heavy (non-hydrogen) atoms. The second kappa shape index (κ2) is 19.6. The molecular formula is C57H44N7O9S3+. The summed E-state index contributed by atoms with van der Waals surface area (Å²) in [5, 5.41) is 0. The van der Waals surface area contributed by atoms with Gasteiger partial charge < -0.3 is 9.80 Å². The van der Waals surface area contributed by atoms with Gasteiger partial charge in [-0.1, -0.05) is 36.4 Å². The zero-order valence-electron chi connectivity index (χ0n) is 40.2. The molecule has 4 aromatic rings. The van der Waals surface area contributed by atoms with E-state index in [1.807, 2.05) is 73.2 Å². The summed E-state index contributed by atoms with van der Waals surface area (Å²) in [7, 11) is -11.6. The lowest BCUT2D eigenvalue weighted by atomic mass is 9.98. The molecule has 8 bridgehead atoms. The molecule has 0 saturated heterocycles. The van der Waals surface area contributed by atoms with Crippen molar-refractivity contribution in [1.82, 2.24) is 9.80 Å². The van der Waals surface area contributed by atoms with E-state index >= 15 is 0 Å². The fraction of sp³-hybridized carbons (Fsp3) is 0.0702. The number of aromatic nitrogens is 1. The predicted molar refractivity (Wildman–Crippen MR) is 292 cm³/mol. The van der Waals surface area contributed by atoms with Crippen LogP contribution in [0.4, 0.5) is 0 Å². The van der Waals surface area contributed by atoms with E-state index in [1.165, 1.54) is 48.5 Å². The first-order chi connectivity index (χ1) is 36.4. The van der Waals surface area contributed by atoms with Crippen LogP contribution >= 0.6 is 0 Å². The van der Waals surface area contributed by atoms with E-state index in [0.717, 1.165) is 36.2 Å². The van der Waals surface area contributed by atoms with Gasteiger partial charge in [-0.2, -0.15) is 25.3 Å². The number of aliphatic imine (C=N–C) groups is 4. The molecule has 0 spiro atoms. The van der Waals surface area contributed by atoms with Crippen LogP contribution in [0.25, 0.3) is 22.3 Å². The van der Waals surface area contributed by atoms with Crippen molar-refractivity contribution in [2.75, 3.05) is 13.6 Å². The molecule has 378 valence electrons. The molecule has 3 aromatic carbocycles. The molecule has 11 rings (SSSR count). The minimum atomic E-state index is -4.54. The largest absolute Gasteiger partial charge is 0.357 e. The number of benzene rings is 3. The van der Waals surface area contributed by atoms with Crippen molar-refractivity contribution >= 4 is 75.5 Å². The Kier molecular flexibility index (Phi) is 12.8. The van der Waals surface area contributed by atoms with E-state index in [9.17, 15) is 38.9 Å². The third-order valence-corrected chi connectivity index (χ3v) is 15.8. The summed E-state index contributed by atoms with van der Waals surface area (Å²) in [6.45, 7) is 1.53. The minimum absolute atomic E-state index is 0.300. The molecule has 0 amide bonds. The zero-order valence-corrected chi connectivity index (χ0v) is 42.7. The van der Waals surface area contributed by atoms with Crippen LogP contribution in [0.15, 0.2) is 264 Å². The number of allylic oxidation sites excluding steroid dienone is 18. The van der Waals surface area contributed by atoms with Crippen molar-refractivity contribution in [1.29, 1.82) is 0 Å². The van der Waals surface area contributed by atoms with Crippen LogP contribution in [-0.4, -0.2) is 85.2 Å². The van der Waals surface area contributed by atoms with Gasteiger partial charge in [-0.25, -0.2) is 24.5 Å². The monoisotopic (exact) mass is 1070 g/mol. The van der Waals surface area contributed by atoms with E-state index in [4.69, 9.17) is 20.0 Å². The van der Waals surface area contributed by atoms with Gasteiger partial charge >= 0.3 is 0 Å². The Morgan fingerprint density at radius 2 is 0.711 bits per heavy atom. The minimum Gasteiger partial charge on any atom is -0.357 e. The molecule has 0 saturated carbocycles. The first kappa shape index (κ1) is 49.6. The highest BCUT2D eigenvalue weighted by atomic mass is 32.2. The quantitative estimate of drug-likeness (QED) is 0.0952. The molecule has 0 unspecified atom stereocenters. The maximum Gasteiger partial charge on any atom is 0.294 e. The van der Waals surface area contributed by atoms with Gasteiger partial charge in [0.25, 0.3) is 30.4 Å². The molecule has 1 aromatic heterocycles. The molecule has 16 nitrogen and oxygen atoms in total. The van der Waals surface area contributed by atoms with Gasteiger partial charge in [-0.3, -0.25) is 13.7 Å². The van der Waals surface area contributed by atoms with Gasteiger partial charge in [-0.15, -0.1) is 0 Å². The summed E-state index contributed by atoms with van der Waals surface area (Å²) < 4.78 is 105. The summed E-state index contributed by atoms with van der Waals surface area (Å²) in [6.07, 6.45) is 36.0. The Morgan fingerprint density at radius 3 is 1.03 bits per heavy atom. The lowest BCUT2D eigenvalue weighted by Gasteiger charge is -2.20. The van der Waals surface area contributed by atoms with E-state index in [0.29, 0.717) is 84.6 Å². The van der Waals surface area contributed by atoms with Crippen LogP contribution in [0.3, 0.4) is 0 Å². The SMILES string of the molecule is CN1C=CC(=C2C=CN(CCC[n+]3ccc(C4=C5C=CC(=N5)C(c5ccc(S(=O)(=O)O)cc5)=C5C=CC(=N5)C(c5ccc(S(=O)(=O)O)cc5)=C5C=CC(=N5)C(c5ccc(S(=O)(=O)O)cc5)=C5C=CC4=N5)cc3)C=C2)C=C1. The van der Waals surface area contributed by atoms with Crippen molar-refractivity contribution < 1.29 is 43.5 Å². The van der Waals surface area contributed by atoms with Crippen molar-refractivity contribution in [3.05, 3.63) is 251 Å². The zero-order chi connectivity index (χ0) is 52.9. The smallest absolute Gasteiger partial charge is 0.294 e. The fourth-order valence-corrected chi connectivity index (χ4v) is 10.8. The first-order valence-corrected chi connectivity index (χ1v) is 28.0. The topological polar surface area (TPSA) is 223 Å². The van der Waals surface area contributed by atoms with E-state index in [-0.39, 0.29) is 14.7 Å². The van der Waals surface area contributed by atoms with Gasteiger partial charge in [0, 0.05) is 79.2 Å². The standard InChI is InChI=1S/C57H43N7O9S3/c1-62-31-23-37(24-32-62)38-25-33-63(34-26-38)29-2-30-64-35-27-42(28-36-64)57-52-21-19-50(60-52)55(40-5-11-44(12-6-40)75(68,69)70)48-17-15-46(58-48)54(39-3-9-43(10-4-39)74(65,66)67)47-16-18-49(59-47)56(51-20-22-53(57)61-51)41-7-13-45(14-8-41)76(71,72)73/h3-28,31-36H,2,29-30H2,1H3,(H2-,65,66,67,68,69,70,71,72,73)/p+1. The number of hydrogen-bond acceptors (Lipinski definition) is 12. The fourth-order valence-electron chi connectivity index (χ4n) is 9.35. The van der Waals surface area contributed by atoms with Crippen LogP contribution in [0, 0.1) is 0 Å². The lowest BCUT2D eigenvalue weighted by molar-refractivity contribution is -0.697. The highest BCUT2D eigenvalue weighted by Gasteiger charge is 2.29. The van der Waals surface area contributed by atoms with E-state index < -0.39 is 30.4 Å². The molecular weight excluding hydrogens is 1020 g/mol. The van der Waals surface area contributed by atoms with Crippen molar-refractivity contribution in [3.8, 4) is 0 Å². The predicted octanol–water partition coefficient (Wildman–Crippen LogP) is 8.72. The van der Waals surface area contributed by atoms with Gasteiger partial charge in [-0.05, 0) is 143 Å². The van der Waals surface area contributed by atoms with Crippen molar-refractivity contribution in [3.63, 3.8) is 0 Å². The number of fused-ring (bicyclic) bond motifs is 4. The summed E-state index contributed by atoms with van der Waals surface area (Å²) in [5.41, 5.74) is 10.6. The number of nitrogens with zero attached hydrogens (tertiary/aromatic N) is 7. The normalized spacial score (nSPS) is 18.1. The summed E-state index contributed by atoms with van der Waals surface area (Å²) >= 11 is 0. The number of hydrogen-bond donors (Lipinski definition) is 3. The van der Waals surface area contributed by atoms with Crippen molar-refractivity contribution in [2.24, 2.45) is 20.0 Å². The maximum absolute atomic E-state index is 12.2. The average Bonchev–Trinajstić information content (AvgIpc) is 4.27. The molecule has 7 aliphatic rings. The van der Waals surface area contributed by atoms with Crippen LogP contribution in [-0.2, 0) is 36.9 Å². The Labute approximate surface area is 438 Å². The molecule has 0 radical (unpaired) electrons. The van der Waals surface area contributed by atoms with Gasteiger partial charge in [0.15, 0.2) is 12.4 Å². The van der Waals surface area contributed by atoms with Gasteiger partial charge in [0.05, 0.1) is 60.3 Å². The number of pyridine rings is 1. The number of aryl methyl sites for hydroxylation is 1. The Bertz CT molecular complexity index is 4000. The Morgan fingerprint density at radius 1 is 0.408 bits per heavy atom. The second-order valence-electron chi connectivity index (χ2n) is 18.1. The third-order valence-electron chi connectivity index (χ3n) is 13.1. The van der Waals surface area contributed by atoms with Gasteiger partial charge in [0.2, 0.25) is 0 Å². The molecule has 7 aliphatic heterocycles. The molecule has 0 aliphatic carbocycles. The second-order valence-corrected chi connectivity index (χ2v) is 22.4. The lowest BCUT2D eigenvalue weighted by Crippen LogP contribution is -2.34. The summed E-state index contributed by atoms with van der Waals surface area (Å²) in [4.78, 5) is 24.0. The molecule has 3 N–H and O–H groups in total. The van der Waals surface area contributed by atoms with Crippen LogP contribution in [0.1, 0.15) is 28.7 Å². The van der Waals surface area contributed by atoms with Crippen LogP contribution < -0.4 is 4.57 Å². The van der Waals surface area contributed by atoms with Gasteiger partial charge in [0.1, 0.15) is 6.54 Å². The average molecular weight is 1070 g/mol. The molecule has 19 heteroatoms. The van der Waals surface area contributed by atoms with Crippen LogP contribution in [0.2, 0.25) is 0 Å². The first-order valence-electron chi connectivity index (χ1n) is 23.7. The third kappa shape index (κ3) is 10.2. The molecule has 8 heterocycles. The van der Waals surface area contributed by atoms with Crippen LogP contribution in [0.5, 0.6) is 0 Å². The maximum atomic E-state index is 12.2. The van der Waals surface area contributed by atoms with Crippen molar-refractivity contribution in [2.45, 2.75) is 27.7 Å². The summed E-state index contributed by atoms with van der Waals surface area (Å²) in [6, 6.07) is 21.0. The molecule has 0 fully saturated rings. The molecule has 0 atom stereocenters. The Hall–Kier alpha value is -8.56. The summed E-state index contributed by atoms with van der Waals surface area (Å²) in [5.74, 6) is 0. The van der Waals surface area contributed by atoms with E-state index in [1.54, 1.807) is 48.6 Å². The Balaban J connectivity index is 1.03.